The Morgan fingerprint density at radius 1 is 1.58 bits per heavy atom. The summed E-state index contributed by atoms with van der Waals surface area (Å²) in [5.41, 5.74) is 0. The van der Waals surface area contributed by atoms with Crippen LogP contribution in [0.4, 0.5) is 5.82 Å². The van der Waals surface area contributed by atoms with Crippen molar-refractivity contribution >= 4 is 15.8 Å². The molecule has 0 saturated carbocycles. The Labute approximate surface area is 70.8 Å². The minimum absolute atomic E-state index is 0.212. The van der Waals surface area contributed by atoms with E-state index in [1.165, 1.54) is 12.3 Å². The summed E-state index contributed by atoms with van der Waals surface area (Å²) in [5, 5.41) is 2.94. The molecular formula is C6H10N2O3S. The molecule has 0 aliphatic heterocycles. The molecular weight excluding hydrogens is 180 g/mol. The van der Waals surface area contributed by atoms with Crippen LogP contribution >= 0.6 is 0 Å². The Bertz CT molecular complexity index is 328. The van der Waals surface area contributed by atoms with Crippen molar-refractivity contribution in [2.75, 3.05) is 4.72 Å². The zero-order valence-corrected chi connectivity index (χ0v) is 7.63. The number of rotatable bonds is 3. The lowest BCUT2D eigenvalue weighted by molar-refractivity contribution is 0.423. The average molecular weight is 190 g/mol. The number of nitrogens with one attached hydrogen (secondary N) is 1. The van der Waals surface area contributed by atoms with E-state index in [9.17, 15) is 8.42 Å². The van der Waals surface area contributed by atoms with Crippen LogP contribution in [0.25, 0.3) is 0 Å². The van der Waals surface area contributed by atoms with E-state index in [2.05, 4.69) is 14.4 Å². The normalized spacial score (nSPS) is 11.9. The summed E-state index contributed by atoms with van der Waals surface area (Å²) in [6.45, 7) is 3.17. The summed E-state index contributed by atoms with van der Waals surface area (Å²) < 4.78 is 29.1. The number of hydrogen-bond acceptors (Lipinski definition) is 4. The third kappa shape index (κ3) is 1.97. The molecule has 0 radical (unpaired) electrons. The van der Waals surface area contributed by atoms with Crippen LogP contribution in [0.1, 0.15) is 13.8 Å². The van der Waals surface area contributed by atoms with Crippen molar-refractivity contribution in [3.63, 3.8) is 0 Å². The fraction of sp³-hybridized carbons (Fsp3) is 0.500. The molecule has 0 aliphatic rings. The Hall–Kier alpha value is -1.04. The van der Waals surface area contributed by atoms with Crippen molar-refractivity contribution < 1.29 is 12.9 Å². The molecule has 0 spiro atoms. The minimum atomic E-state index is -3.29. The highest BCUT2D eigenvalue weighted by atomic mass is 32.2. The van der Waals surface area contributed by atoms with Crippen LogP contribution in [0, 0.1) is 0 Å². The fourth-order valence-electron chi connectivity index (χ4n) is 0.529. The number of nitrogens with zero attached hydrogens (tertiary/aromatic N) is 1. The third-order valence-electron chi connectivity index (χ3n) is 1.31. The molecule has 0 amide bonds. The van der Waals surface area contributed by atoms with Gasteiger partial charge in [-0.3, -0.25) is 4.72 Å². The van der Waals surface area contributed by atoms with Gasteiger partial charge in [0.1, 0.15) is 6.26 Å². The standard InChI is InChI=1S/C6H10N2O3S/c1-5(2)12(9,10)8-6-3-4-11-7-6/h3-5H,1-2H3,(H,7,8). The Morgan fingerprint density at radius 3 is 2.67 bits per heavy atom. The number of sulfonamides is 1. The van der Waals surface area contributed by atoms with Gasteiger partial charge in [-0.1, -0.05) is 5.16 Å². The smallest absolute Gasteiger partial charge is 0.236 e. The number of aromatic nitrogens is 1. The van der Waals surface area contributed by atoms with Crippen LogP contribution < -0.4 is 4.72 Å². The Balaban J connectivity index is 2.77. The maximum absolute atomic E-state index is 11.2. The van der Waals surface area contributed by atoms with E-state index in [1.54, 1.807) is 13.8 Å². The molecule has 1 heterocycles. The number of anilines is 1. The highest BCUT2D eigenvalue weighted by Crippen LogP contribution is 2.07. The van der Waals surface area contributed by atoms with Gasteiger partial charge in [-0.2, -0.15) is 0 Å². The summed E-state index contributed by atoms with van der Waals surface area (Å²) in [7, 11) is -3.29. The molecule has 1 aromatic heterocycles. The highest BCUT2D eigenvalue weighted by molar-refractivity contribution is 7.93. The molecule has 1 rings (SSSR count). The molecule has 0 saturated heterocycles. The van der Waals surface area contributed by atoms with Gasteiger partial charge in [0.15, 0.2) is 5.82 Å². The zero-order valence-electron chi connectivity index (χ0n) is 6.81. The maximum atomic E-state index is 11.2. The van der Waals surface area contributed by atoms with E-state index in [-0.39, 0.29) is 5.82 Å². The predicted molar refractivity (Wildman–Crippen MR) is 44.2 cm³/mol. The summed E-state index contributed by atoms with van der Waals surface area (Å²) >= 11 is 0. The highest BCUT2D eigenvalue weighted by Gasteiger charge is 2.16. The average Bonchev–Trinajstić information content (AvgIpc) is 2.38. The largest absolute Gasteiger partial charge is 0.363 e. The van der Waals surface area contributed by atoms with E-state index in [0.717, 1.165) is 0 Å². The molecule has 0 aromatic carbocycles. The van der Waals surface area contributed by atoms with Gasteiger partial charge in [0.2, 0.25) is 10.0 Å². The predicted octanol–water partition coefficient (Wildman–Crippen LogP) is 0.825. The Morgan fingerprint density at radius 2 is 2.25 bits per heavy atom. The molecule has 0 aliphatic carbocycles. The van der Waals surface area contributed by atoms with E-state index in [4.69, 9.17) is 0 Å². The van der Waals surface area contributed by atoms with Gasteiger partial charge in [-0.05, 0) is 13.8 Å². The van der Waals surface area contributed by atoms with Crippen molar-refractivity contribution in [3.8, 4) is 0 Å². The van der Waals surface area contributed by atoms with Crippen LogP contribution in [0.15, 0.2) is 16.9 Å². The first-order valence-corrected chi connectivity index (χ1v) is 4.99. The van der Waals surface area contributed by atoms with Crippen LogP contribution in [-0.4, -0.2) is 18.8 Å². The van der Waals surface area contributed by atoms with Gasteiger partial charge in [-0.25, -0.2) is 8.42 Å². The second-order valence-electron chi connectivity index (χ2n) is 2.58. The van der Waals surface area contributed by atoms with Gasteiger partial charge in [-0.15, -0.1) is 0 Å². The molecule has 12 heavy (non-hydrogen) atoms. The topological polar surface area (TPSA) is 72.2 Å². The van der Waals surface area contributed by atoms with Crippen molar-refractivity contribution in [2.45, 2.75) is 19.1 Å². The monoisotopic (exact) mass is 190 g/mol. The van der Waals surface area contributed by atoms with Gasteiger partial charge < -0.3 is 4.52 Å². The quantitative estimate of drug-likeness (QED) is 0.766. The Kier molecular flexibility index (Phi) is 2.37. The molecule has 1 aromatic rings. The van der Waals surface area contributed by atoms with Crippen LogP contribution in [0.2, 0.25) is 0 Å². The van der Waals surface area contributed by atoms with E-state index >= 15 is 0 Å². The first kappa shape index (κ1) is 9.05. The first-order valence-electron chi connectivity index (χ1n) is 3.44. The summed E-state index contributed by atoms with van der Waals surface area (Å²) in [4.78, 5) is 0. The summed E-state index contributed by atoms with van der Waals surface area (Å²) in [6, 6.07) is 1.44. The van der Waals surface area contributed by atoms with Gasteiger partial charge in [0.25, 0.3) is 0 Å². The molecule has 1 N–H and O–H groups in total. The molecule has 5 nitrogen and oxygen atoms in total. The van der Waals surface area contributed by atoms with Crippen molar-refractivity contribution in [2.24, 2.45) is 0 Å². The lowest BCUT2D eigenvalue weighted by Gasteiger charge is -2.06. The summed E-state index contributed by atoms with van der Waals surface area (Å²) in [5.74, 6) is 0.212. The second kappa shape index (κ2) is 3.14. The molecule has 0 atom stereocenters. The first-order chi connectivity index (χ1) is 5.52. The molecule has 6 heteroatoms. The van der Waals surface area contributed by atoms with Crippen LogP contribution in [0.5, 0.6) is 0 Å². The van der Waals surface area contributed by atoms with Crippen molar-refractivity contribution in [1.82, 2.24) is 5.16 Å². The molecule has 0 fully saturated rings. The van der Waals surface area contributed by atoms with Gasteiger partial charge in [0.05, 0.1) is 5.25 Å². The SMILES string of the molecule is CC(C)S(=O)(=O)Nc1ccon1. The fourth-order valence-corrected chi connectivity index (χ4v) is 1.16. The maximum Gasteiger partial charge on any atom is 0.236 e. The summed E-state index contributed by atoms with van der Waals surface area (Å²) in [6.07, 6.45) is 1.30. The van der Waals surface area contributed by atoms with Gasteiger partial charge in [0, 0.05) is 6.07 Å². The minimum Gasteiger partial charge on any atom is -0.363 e. The van der Waals surface area contributed by atoms with Crippen LogP contribution in [-0.2, 0) is 10.0 Å². The lowest BCUT2D eigenvalue weighted by atomic mass is 10.6. The van der Waals surface area contributed by atoms with E-state index < -0.39 is 15.3 Å². The van der Waals surface area contributed by atoms with Crippen molar-refractivity contribution in [1.29, 1.82) is 0 Å². The molecule has 0 bridgehead atoms. The third-order valence-corrected chi connectivity index (χ3v) is 3.04. The number of hydrogen-bond donors (Lipinski definition) is 1. The second-order valence-corrected chi connectivity index (χ2v) is 4.82. The van der Waals surface area contributed by atoms with Crippen LogP contribution in [0.3, 0.4) is 0 Å². The van der Waals surface area contributed by atoms with Crippen molar-refractivity contribution in [3.05, 3.63) is 12.3 Å². The molecule has 68 valence electrons. The van der Waals surface area contributed by atoms with E-state index in [1.807, 2.05) is 0 Å². The molecule has 0 unspecified atom stereocenters. The lowest BCUT2D eigenvalue weighted by Crippen LogP contribution is -2.22. The van der Waals surface area contributed by atoms with Gasteiger partial charge >= 0.3 is 0 Å². The van der Waals surface area contributed by atoms with E-state index in [0.29, 0.717) is 0 Å². The zero-order chi connectivity index (χ0) is 9.19.